The summed E-state index contributed by atoms with van der Waals surface area (Å²) >= 11 is 3.17. The van der Waals surface area contributed by atoms with Gasteiger partial charge < -0.3 is 26.4 Å². The molecule has 2 atom stereocenters. The number of rotatable bonds is 8. The summed E-state index contributed by atoms with van der Waals surface area (Å²) in [5.74, 6) is 2.74. The van der Waals surface area contributed by atoms with Crippen molar-refractivity contribution in [3.05, 3.63) is 82.9 Å². The number of nitrogens with one attached hydrogen (secondary N) is 1. The highest BCUT2D eigenvalue weighted by atomic mass is 32.2. The van der Waals surface area contributed by atoms with Crippen molar-refractivity contribution >= 4 is 45.7 Å². The molecule has 0 spiro atoms. The van der Waals surface area contributed by atoms with Crippen LogP contribution < -0.4 is 16.8 Å². The molecular formula is C39H60N6O3S2. The van der Waals surface area contributed by atoms with Crippen molar-refractivity contribution in [2.24, 2.45) is 27.4 Å². The van der Waals surface area contributed by atoms with Gasteiger partial charge in [-0.05, 0) is 81.3 Å². The fraction of sp³-hybridized carbons (Fsp3) is 0.538. The Morgan fingerprint density at radius 1 is 0.900 bits per heavy atom. The zero-order valence-corrected chi connectivity index (χ0v) is 33.1. The number of thioether (sulfide) groups is 2. The van der Waals surface area contributed by atoms with Crippen molar-refractivity contribution in [1.82, 2.24) is 10.2 Å². The van der Waals surface area contributed by atoms with Crippen LogP contribution in [0.3, 0.4) is 0 Å². The minimum Gasteiger partial charge on any atom is -0.380 e. The van der Waals surface area contributed by atoms with Gasteiger partial charge in [0.25, 0.3) is 11.8 Å². The molecule has 5 rings (SSSR count). The van der Waals surface area contributed by atoms with E-state index in [1.165, 1.54) is 0 Å². The first-order valence-electron chi connectivity index (χ1n) is 17.8. The standard InChI is InChI=1S/C17H21N3OS.C16H23N3O2S.C4H10.C2H6/c1-17(8-11-22-16(18)19-17)14-7-5-6-13(12-14)15(21)20-9-3-2-4-10-20;1-3-21-9-8-18-14(20)12-5-4-6-13(11-12)16(2)7-10-22-15(17)19-16;1-4(2)3;1-2/h2-3,5-7,12H,4,8-11H2,1H3,(H2,18,19);4-6,11H,3,7-10H2,1-2H3,(H2,17,19)(H,18,20);4H,1-3H3;1-2H3. The fourth-order valence-electron chi connectivity index (χ4n) is 5.26. The number of amides is 2. The van der Waals surface area contributed by atoms with Gasteiger partial charge >= 0.3 is 0 Å². The van der Waals surface area contributed by atoms with Crippen molar-refractivity contribution in [1.29, 1.82) is 0 Å². The average Bonchev–Trinajstić information content (AvgIpc) is 3.11. The Balaban J connectivity index is 0.000000300. The highest BCUT2D eigenvalue weighted by Gasteiger charge is 2.31. The summed E-state index contributed by atoms with van der Waals surface area (Å²) in [6.45, 7) is 19.8. The summed E-state index contributed by atoms with van der Waals surface area (Å²) in [5, 5.41) is 4.10. The first-order valence-corrected chi connectivity index (χ1v) is 19.8. The number of hydrogen-bond donors (Lipinski definition) is 3. The van der Waals surface area contributed by atoms with Crippen molar-refractivity contribution in [2.75, 3.05) is 44.4 Å². The second kappa shape index (κ2) is 21.8. The Morgan fingerprint density at radius 3 is 1.90 bits per heavy atom. The third-order valence-corrected chi connectivity index (χ3v) is 9.54. The van der Waals surface area contributed by atoms with E-state index in [0.717, 1.165) is 59.9 Å². The van der Waals surface area contributed by atoms with Gasteiger partial charge in [0.1, 0.15) is 0 Å². The normalized spacial score (nSPS) is 21.2. The largest absolute Gasteiger partial charge is 0.380 e. The van der Waals surface area contributed by atoms with E-state index in [0.29, 0.717) is 42.2 Å². The van der Waals surface area contributed by atoms with Crippen LogP contribution in [-0.2, 0) is 15.8 Å². The number of carbonyl (C=O) groups is 2. The SMILES string of the molecule is CC.CC(C)C.CC1(c2cccc(C(=O)N3CC=CCC3)c2)CCSC(N)=N1.CCOCCNC(=O)c1cccc(C2(C)CCSC(N)=N2)c1. The maximum Gasteiger partial charge on any atom is 0.254 e. The van der Waals surface area contributed by atoms with Gasteiger partial charge in [0.2, 0.25) is 0 Å². The highest BCUT2D eigenvalue weighted by Crippen LogP contribution is 2.36. The Bertz CT molecular complexity index is 1460. The highest BCUT2D eigenvalue weighted by molar-refractivity contribution is 8.14. The molecule has 2 aromatic rings. The first-order chi connectivity index (χ1) is 23.9. The van der Waals surface area contributed by atoms with E-state index in [1.807, 2.05) is 74.2 Å². The second-order valence-electron chi connectivity index (χ2n) is 13.0. The molecule has 0 saturated carbocycles. The molecule has 2 unspecified atom stereocenters. The minimum atomic E-state index is -0.350. The monoisotopic (exact) mass is 724 g/mol. The van der Waals surface area contributed by atoms with Crippen LogP contribution in [0.5, 0.6) is 0 Å². The molecule has 0 radical (unpaired) electrons. The lowest BCUT2D eigenvalue weighted by molar-refractivity contribution is 0.0770. The van der Waals surface area contributed by atoms with Crippen molar-refractivity contribution in [3.63, 3.8) is 0 Å². The van der Waals surface area contributed by atoms with E-state index < -0.39 is 0 Å². The third-order valence-electron chi connectivity index (χ3n) is 7.95. The average molecular weight is 725 g/mol. The van der Waals surface area contributed by atoms with Crippen LogP contribution in [0.2, 0.25) is 0 Å². The molecule has 0 aliphatic carbocycles. The number of carbonyl (C=O) groups excluding carboxylic acids is 2. The lowest BCUT2D eigenvalue weighted by atomic mass is 9.88. The van der Waals surface area contributed by atoms with Crippen molar-refractivity contribution in [3.8, 4) is 0 Å². The molecule has 9 nitrogen and oxygen atoms in total. The van der Waals surface area contributed by atoms with Crippen LogP contribution in [0.1, 0.15) is 106 Å². The summed E-state index contributed by atoms with van der Waals surface area (Å²) in [5.41, 5.74) is 14.5. The van der Waals surface area contributed by atoms with Gasteiger partial charge in [-0.25, -0.2) is 0 Å². The second-order valence-corrected chi connectivity index (χ2v) is 15.2. The predicted molar refractivity (Wildman–Crippen MR) is 215 cm³/mol. The van der Waals surface area contributed by atoms with Gasteiger partial charge in [0, 0.05) is 48.9 Å². The maximum atomic E-state index is 12.6. The molecule has 0 saturated heterocycles. The van der Waals surface area contributed by atoms with E-state index in [-0.39, 0.29) is 22.9 Å². The molecule has 0 fully saturated rings. The van der Waals surface area contributed by atoms with Gasteiger partial charge in [-0.1, -0.05) is 94.6 Å². The Morgan fingerprint density at radius 2 is 1.42 bits per heavy atom. The maximum absolute atomic E-state index is 12.6. The van der Waals surface area contributed by atoms with E-state index in [4.69, 9.17) is 16.2 Å². The number of hydrogen-bond acceptors (Lipinski definition) is 9. The fourth-order valence-corrected chi connectivity index (χ4v) is 7.21. The molecule has 276 valence electrons. The van der Waals surface area contributed by atoms with Crippen LogP contribution in [0.25, 0.3) is 0 Å². The van der Waals surface area contributed by atoms with Crippen LogP contribution in [0.15, 0.2) is 70.7 Å². The zero-order chi connectivity index (χ0) is 37.2. The number of ether oxygens (including phenoxy) is 1. The number of aliphatic imine (C=N–C) groups is 2. The Hall–Kier alpha value is -3.28. The first kappa shape index (κ1) is 42.9. The smallest absolute Gasteiger partial charge is 0.254 e. The van der Waals surface area contributed by atoms with Crippen molar-refractivity contribution < 1.29 is 14.3 Å². The van der Waals surface area contributed by atoms with Gasteiger partial charge in [0.05, 0.1) is 17.7 Å². The third kappa shape index (κ3) is 13.8. The quantitative estimate of drug-likeness (QED) is 0.189. The lowest BCUT2D eigenvalue weighted by Gasteiger charge is -2.30. The van der Waals surface area contributed by atoms with Gasteiger partial charge in [0.15, 0.2) is 10.3 Å². The van der Waals surface area contributed by atoms with E-state index >= 15 is 0 Å². The minimum absolute atomic E-state index is 0.0905. The van der Waals surface area contributed by atoms with Crippen LogP contribution >= 0.6 is 23.5 Å². The van der Waals surface area contributed by atoms with E-state index in [9.17, 15) is 9.59 Å². The lowest BCUT2D eigenvalue weighted by Crippen LogP contribution is -2.34. The van der Waals surface area contributed by atoms with E-state index in [1.54, 1.807) is 23.5 Å². The molecular weight excluding hydrogens is 665 g/mol. The predicted octanol–water partition coefficient (Wildman–Crippen LogP) is 7.56. The zero-order valence-electron chi connectivity index (χ0n) is 31.5. The van der Waals surface area contributed by atoms with Gasteiger partial charge in [-0.15, -0.1) is 0 Å². The summed E-state index contributed by atoms with van der Waals surface area (Å²) < 4.78 is 5.22. The van der Waals surface area contributed by atoms with Crippen LogP contribution in [0.4, 0.5) is 0 Å². The molecule has 3 heterocycles. The molecule has 3 aliphatic heterocycles. The Kier molecular flexibility index (Phi) is 18.7. The summed E-state index contributed by atoms with van der Waals surface area (Å²) in [6.07, 6.45) is 6.95. The summed E-state index contributed by atoms with van der Waals surface area (Å²) in [4.78, 5) is 35.9. The number of nitrogens with zero attached hydrogens (tertiary/aromatic N) is 3. The topological polar surface area (TPSA) is 135 Å². The summed E-state index contributed by atoms with van der Waals surface area (Å²) in [7, 11) is 0. The molecule has 2 aromatic carbocycles. The number of amidine groups is 2. The molecule has 3 aliphatic rings. The molecule has 0 bridgehead atoms. The molecule has 0 aromatic heterocycles. The summed E-state index contributed by atoms with van der Waals surface area (Å²) in [6, 6.07) is 15.5. The number of benzene rings is 2. The van der Waals surface area contributed by atoms with Crippen molar-refractivity contribution in [2.45, 2.75) is 85.7 Å². The van der Waals surface area contributed by atoms with E-state index in [2.05, 4.69) is 62.1 Å². The van der Waals surface area contributed by atoms with Gasteiger partial charge in [-0.2, -0.15) is 0 Å². The van der Waals surface area contributed by atoms with Gasteiger partial charge in [-0.3, -0.25) is 19.6 Å². The molecule has 2 amide bonds. The molecule has 11 heteroatoms. The van der Waals surface area contributed by atoms with Crippen LogP contribution in [-0.4, -0.2) is 71.4 Å². The molecule has 5 N–H and O–H groups in total. The Labute approximate surface area is 309 Å². The van der Waals surface area contributed by atoms with Crippen LogP contribution in [0, 0.1) is 5.92 Å². The number of nitrogens with two attached hydrogens (primary N) is 2. The molecule has 50 heavy (non-hydrogen) atoms.